The van der Waals surface area contributed by atoms with E-state index in [0.29, 0.717) is 6.54 Å². The number of rotatable bonds is 8. The summed E-state index contributed by atoms with van der Waals surface area (Å²) < 4.78 is 2.02. The van der Waals surface area contributed by atoms with Crippen molar-refractivity contribution in [1.82, 2.24) is 9.55 Å². The van der Waals surface area contributed by atoms with Crippen LogP contribution in [0.4, 0.5) is 0 Å². The molecule has 2 aromatic carbocycles. The van der Waals surface area contributed by atoms with Crippen molar-refractivity contribution < 1.29 is 0 Å². The number of thioether (sulfide) groups is 1. The Kier molecular flexibility index (Phi) is 7.24. The van der Waals surface area contributed by atoms with Crippen LogP contribution >= 0.6 is 11.8 Å². The lowest BCUT2D eigenvalue weighted by Gasteiger charge is -2.42. The molecule has 3 nitrogen and oxygen atoms in total. The average molecular weight is 473 g/mol. The second-order valence-electron chi connectivity index (χ2n) is 10.0. The maximum absolute atomic E-state index is 14.3. The molecule has 34 heavy (non-hydrogen) atoms. The van der Waals surface area contributed by atoms with E-state index in [-0.39, 0.29) is 11.0 Å². The van der Waals surface area contributed by atoms with Crippen LogP contribution in [0.5, 0.6) is 0 Å². The Morgan fingerprint density at radius 1 is 0.971 bits per heavy atom. The molecular formula is C30H36N2OS. The third-order valence-electron chi connectivity index (χ3n) is 7.72. The van der Waals surface area contributed by atoms with E-state index in [1.807, 2.05) is 4.57 Å². The van der Waals surface area contributed by atoms with Gasteiger partial charge < -0.3 is 0 Å². The summed E-state index contributed by atoms with van der Waals surface area (Å²) in [5, 5.41) is 0.901. The van der Waals surface area contributed by atoms with Crippen LogP contribution in [0.3, 0.4) is 0 Å². The van der Waals surface area contributed by atoms with Gasteiger partial charge in [0.2, 0.25) is 0 Å². The molecule has 1 heterocycles. The summed E-state index contributed by atoms with van der Waals surface area (Å²) >= 11 is 1.77. The van der Waals surface area contributed by atoms with Crippen molar-refractivity contribution in [1.29, 1.82) is 0 Å². The van der Waals surface area contributed by atoms with Crippen molar-refractivity contribution in [2.24, 2.45) is 0 Å². The third kappa shape index (κ3) is 4.62. The van der Waals surface area contributed by atoms with E-state index < -0.39 is 0 Å². The molecule has 178 valence electrons. The zero-order chi connectivity index (χ0) is 23.4. The average Bonchev–Trinajstić information content (AvgIpc) is 2.87. The van der Waals surface area contributed by atoms with Crippen LogP contribution in [0.2, 0.25) is 0 Å². The third-order valence-corrected chi connectivity index (χ3v) is 8.79. The molecule has 3 aromatic rings. The first-order valence-electron chi connectivity index (χ1n) is 13.1. The summed E-state index contributed by atoms with van der Waals surface area (Å²) in [5.74, 6) is 1.01. The Morgan fingerprint density at radius 2 is 1.74 bits per heavy atom. The fourth-order valence-electron chi connectivity index (χ4n) is 5.93. The molecule has 2 aliphatic rings. The molecule has 1 spiro atoms. The largest absolute Gasteiger partial charge is 0.287 e. The van der Waals surface area contributed by atoms with Gasteiger partial charge in [0.15, 0.2) is 5.16 Å². The van der Waals surface area contributed by atoms with Gasteiger partial charge >= 0.3 is 0 Å². The summed E-state index contributed by atoms with van der Waals surface area (Å²) in [5.41, 5.74) is 5.97. The summed E-state index contributed by atoms with van der Waals surface area (Å²) in [6.07, 6.45) is 11.3. The molecule has 0 amide bonds. The first kappa shape index (κ1) is 23.4. The number of aromatic nitrogens is 2. The lowest BCUT2D eigenvalue weighted by atomic mass is 9.62. The quantitative estimate of drug-likeness (QED) is 0.198. The van der Waals surface area contributed by atoms with Gasteiger partial charge in [0, 0.05) is 23.3 Å². The van der Waals surface area contributed by atoms with Gasteiger partial charge in [-0.25, -0.2) is 4.98 Å². The lowest BCUT2D eigenvalue weighted by molar-refractivity contribution is 0.282. The van der Waals surface area contributed by atoms with Crippen LogP contribution in [0.1, 0.15) is 75.0 Å². The Labute approximate surface area is 208 Å². The van der Waals surface area contributed by atoms with E-state index in [2.05, 4.69) is 61.5 Å². The number of aryl methyl sites for hydroxylation is 1. The second-order valence-corrected chi connectivity index (χ2v) is 11.1. The predicted octanol–water partition coefficient (Wildman–Crippen LogP) is 7.19. The monoisotopic (exact) mass is 472 g/mol. The highest BCUT2D eigenvalue weighted by atomic mass is 32.2. The van der Waals surface area contributed by atoms with Crippen LogP contribution in [0, 0.1) is 0 Å². The fourth-order valence-corrected chi connectivity index (χ4v) is 6.95. The minimum absolute atomic E-state index is 0.0497. The van der Waals surface area contributed by atoms with Gasteiger partial charge in [-0.2, -0.15) is 0 Å². The summed E-state index contributed by atoms with van der Waals surface area (Å²) in [4.78, 5) is 19.6. The molecule has 1 aromatic heterocycles. The summed E-state index contributed by atoms with van der Waals surface area (Å²) in [6, 6.07) is 19.2. The van der Waals surface area contributed by atoms with Crippen LogP contribution in [-0.4, -0.2) is 15.3 Å². The molecular weight excluding hydrogens is 436 g/mol. The normalized spacial score (nSPS) is 16.3. The highest BCUT2D eigenvalue weighted by Crippen LogP contribution is 2.48. The van der Waals surface area contributed by atoms with Crippen molar-refractivity contribution in [3.05, 3.63) is 81.6 Å². The number of nitrogens with zero attached hydrogens (tertiary/aromatic N) is 2. The zero-order valence-electron chi connectivity index (χ0n) is 20.4. The van der Waals surface area contributed by atoms with Crippen LogP contribution < -0.4 is 5.56 Å². The van der Waals surface area contributed by atoms with E-state index in [4.69, 9.17) is 4.98 Å². The van der Waals surface area contributed by atoms with Crippen molar-refractivity contribution >= 4 is 11.8 Å². The summed E-state index contributed by atoms with van der Waals surface area (Å²) in [6.45, 7) is 2.93. The van der Waals surface area contributed by atoms with Crippen LogP contribution in [-0.2, 0) is 24.8 Å². The Hall–Kier alpha value is -2.33. The van der Waals surface area contributed by atoms with Gasteiger partial charge in [-0.1, -0.05) is 105 Å². The highest BCUT2D eigenvalue weighted by Gasteiger charge is 2.43. The number of fused-ring (bicyclic) bond motifs is 4. The number of hydrogen-bond donors (Lipinski definition) is 0. The first-order valence-corrected chi connectivity index (χ1v) is 14.1. The van der Waals surface area contributed by atoms with Crippen molar-refractivity contribution in [2.45, 2.75) is 88.2 Å². The SMILES string of the molecule is CCCCCSc1nc2c(c(=O)n1CCc1ccccc1)C1(CCCCC1)Cc1ccccc1-2. The standard InChI is InChI=1S/C30H36N2OS/c1-2-3-12-21-34-29-31-27-25-16-9-8-15-24(25)22-30(18-10-5-11-19-30)26(27)28(33)32(29)20-17-23-13-6-4-7-14-23/h4,6-9,13-16H,2-3,5,10-12,17-22H2,1H3. The number of benzene rings is 2. The van der Waals surface area contributed by atoms with Crippen molar-refractivity contribution in [2.75, 3.05) is 5.75 Å². The molecule has 0 bridgehead atoms. The Morgan fingerprint density at radius 3 is 2.53 bits per heavy atom. The molecule has 0 saturated heterocycles. The van der Waals surface area contributed by atoms with E-state index >= 15 is 0 Å². The van der Waals surface area contributed by atoms with Crippen LogP contribution in [0.25, 0.3) is 11.3 Å². The van der Waals surface area contributed by atoms with Crippen molar-refractivity contribution in [3.63, 3.8) is 0 Å². The zero-order valence-corrected chi connectivity index (χ0v) is 21.2. The topological polar surface area (TPSA) is 34.9 Å². The van der Waals surface area contributed by atoms with E-state index in [0.717, 1.165) is 54.3 Å². The van der Waals surface area contributed by atoms with Gasteiger partial charge in [-0.05, 0) is 43.2 Å². The number of hydrogen-bond acceptors (Lipinski definition) is 3. The molecule has 0 unspecified atom stereocenters. The molecule has 4 heteroatoms. The van der Waals surface area contributed by atoms with Gasteiger partial charge in [-0.15, -0.1) is 0 Å². The van der Waals surface area contributed by atoms with E-state index in [9.17, 15) is 4.79 Å². The molecule has 0 atom stereocenters. The maximum atomic E-state index is 14.3. The fraction of sp³-hybridized carbons (Fsp3) is 0.467. The second kappa shape index (κ2) is 10.5. The Bertz CT molecular complexity index is 1180. The molecule has 0 N–H and O–H groups in total. The summed E-state index contributed by atoms with van der Waals surface area (Å²) in [7, 11) is 0. The minimum Gasteiger partial charge on any atom is -0.287 e. The van der Waals surface area contributed by atoms with Gasteiger partial charge in [-0.3, -0.25) is 9.36 Å². The van der Waals surface area contributed by atoms with Gasteiger partial charge in [0.05, 0.1) is 11.3 Å². The smallest absolute Gasteiger partial charge is 0.258 e. The molecule has 5 rings (SSSR count). The van der Waals surface area contributed by atoms with Crippen LogP contribution in [0.15, 0.2) is 64.5 Å². The van der Waals surface area contributed by atoms with Gasteiger partial charge in [0.25, 0.3) is 5.56 Å². The predicted molar refractivity (Wildman–Crippen MR) is 143 cm³/mol. The number of unbranched alkanes of at least 4 members (excludes halogenated alkanes) is 2. The molecule has 2 aliphatic carbocycles. The highest BCUT2D eigenvalue weighted by molar-refractivity contribution is 7.99. The minimum atomic E-state index is -0.0497. The molecule has 1 saturated carbocycles. The van der Waals surface area contributed by atoms with E-state index in [1.165, 1.54) is 48.8 Å². The molecule has 1 fully saturated rings. The molecule has 0 aliphatic heterocycles. The lowest BCUT2D eigenvalue weighted by Crippen LogP contribution is -2.43. The first-order chi connectivity index (χ1) is 16.7. The Balaban J connectivity index is 1.62. The van der Waals surface area contributed by atoms with Gasteiger partial charge in [0.1, 0.15) is 0 Å². The van der Waals surface area contributed by atoms with E-state index in [1.54, 1.807) is 11.8 Å². The molecule has 0 radical (unpaired) electrons. The maximum Gasteiger partial charge on any atom is 0.258 e. The van der Waals surface area contributed by atoms with Crippen molar-refractivity contribution in [3.8, 4) is 11.3 Å².